The number of benzene rings is 1. The molecule has 19 heavy (non-hydrogen) atoms. The van der Waals surface area contributed by atoms with Gasteiger partial charge >= 0.3 is 0 Å². The largest absolute Gasteiger partial charge is 0.385 e. The smallest absolute Gasteiger partial charge is 0.227 e. The van der Waals surface area contributed by atoms with Crippen LogP contribution in [0.25, 0.3) is 0 Å². The van der Waals surface area contributed by atoms with Crippen molar-refractivity contribution >= 4 is 11.6 Å². The predicted octanol–water partition coefficient (Wildman–Crippen LogP) is 2.13. The molecule has 1 atom stereocenters. The first-order valence-corrected chi connectivity index (χ1v) is 6.69. The van der Waals surface area contributed by atoms with Crippen LogP contribution < -0.4 is 10.6 Å². The normalized spacial score (nSPS) is 18.4. The van der Waals surface area contributed by atoms with Crippen LogP contribution >= 0.6 is 0 Å². The Hall–Kier alpha value is -1.55. The van der Waals surface area contributed by atoms with Crippen molar-refractivity contribution in [1.82, 2.24) is 5.32 Å². The molecule has 0 fully saturated rings. The molecule has 0 aromatic heterocycles. The van der Waals surface area contributed by atoms with Gasteiger partial charge in [0.05, 0.1) is 11.5 Å². The Balaban J connectivity index is 2.05. The van der Waals surface area contributed by atoms with E-state index in [9.17, 15) is 4.79 Å². The lowest BCUT2D eigenvalue weighted by Gasteiger charge is -2.28. The number of carbonyl (C=O) groups is 1. The van der Waals surface area contributed by atoms with Crippen molar-refractivity contribution in [1.29, 1.82) is 0 Å². The maximum Gasteiger partial charge on any atom is 0.227 e. The number of para-hydroxylation sites is 1. The summed E-state index contributed by atoms with van der Waals surface area (Å²) < 4.78 is 5.32. The number of hydrogen-bond donors (Lipinski definition) is 2. The third-order valence-electron chi connectivity index (χ3n) is 3.64. The molecule has 1 aliphatic heterocycles. The van der Waals surface area contributed by atoms with Crippen LogP contribution in [0.1, 0.15) is 31.7 Å². The van der Waals surface area contributed by atoms with Gasteiger partial charge in [0.1, 0.15) is 0 Å². The number of ether oxygens (including phenoxy) is 1. The van der Waals surface area contributed by atoms with Crippen molar-refractivity contribution in [3.05, 3.63) is 29.8 Å². The van der Waals surface area contributed by atoms with Crippen LogP contribution in [0.3, 0.4) is 0 Å². The van der Waals surface area contributed by atoms with E-state index in [-0.39, 0.29) is 17.4 Å². The standard InChI is InChI=1S/C15H22N2O2/c1-15(2,19-3)10-17-14(18)12-8-9-16-13-7-5-4-6-11(12)13/h4-7,12,16H,8-10H2,1-3H3,(H,17,18). The first kappa shape index (κ1) is 13.9. The number of nitrogens with one attached hydrogen (secondary N) is 2. The van der Waals surface area contributed by atoms with Crippen molar-refractivity contribution < 1.29 is 9.53 Å². The van der Waals surface area contributed by atoms with Crippen LogP contribution in [-0.4, -0.2) is 31.7 Å². The molecular formula is C15H22N2O2. The lowest BCUT2D eigenvalue weighted by molar-refractivity contribution is -0.124. The molecular weight excluding hydrogens is 240 g/mol. The molecule has 0 aliphatic carbocycles. The average molecular weight is 262 g/mol. The molecule has 4 heteroatoms. The van der Waals surface area contributed by atoms with Crippen LogP contribution in [0.15, 0.2) is 24.3 Å². The molecule has 104 valence electrons. The topological polar surface area (TPSA) is 50.4 Å². The van der Waals surface area contributed by atoms with E-state index in [2.05, 4.69) is 10.6 Å². The van der Waals surface area contributed by atoms with Gasteiger partial charge in [0.15, 0.2) is 0 Å². The van der Waals surface area contributed by atoms with Crippen LogP contribution in [0, 0.1) is 0 Å². The van der Waals surface area contributed by atoms with Crippen LogP contribution in [0.2, 0.25) is 0 Å². The molecule has 2 rings (SSSR count). The summed E-state index contributed by atoms with van der Waals surface area (Å²) in [5, 5.41) is 6.32. The van der Waals surface area contributed by atoms with E-state index in [0.29, 0.717) is 6.54 Å². The summed E-state index contributed by atoms with van der Waals surface area (Å²) in [5.74, 6) is 0.0178. The fraction of sp³-hybridized carbons (Fsp3) is 0.533. The summed E-state index contributed by atoms with van der Waals surface area (Å²) in [4.78, 5) is 12.3. The minimum Gasteiger partial charge on any atom is -0.385 e. The third kappa shape index (κ3) is 3.26. The summed E-state index contributed by atoms with van der Waals surface area (Å²) in [6.07, 6.45) is 0.830. The predicted molar refractivity (Wildman–Crippen MR) is 76.4 cm³/mol. The zero-order valence-corrected chi connectivity index (χ0v) is 11.8. The highest BCUT2D eigenvalue weighted by Crippen LogP contribution is 2.31. The minimum atomic E-state index is -0.331. The zero-order valence-electron chi connectivity index (χ0n) is 11.8. The second-order valence-corrected chi connectivity index (χ2v) is 5.54. The highest BCUT2D eigenvalue weighted by atomic mass is 16.5. The number of methoxy groups -OCH3 is 1. The fourth-order valence-electron chi connectivity index (χ4n) is 2.24. The molecule has 1 unspecified atom stereocenters. The van der Waals surface area contributed by atoms with Crippen molar-refractivity contribution in [2.75, 3.05) is 25.5 Å². The lowest BCUT2D eigenvalue weighted by Crippen LogP contribution is -2.42. The minimum absolute atomic E-state index is 0.0647. The molecule has 0 spiro atoms. The molecule has 1 aromatic carbocycles. The quantitative estimate of drug-likeness (QED) is 0.874. The van der Waals surface area contributed by atoms with Gasteiger partial charge in [-0.3, -0.25) is 4.79 Å². The molecule has 1 aliphatic rings. The van der Waals surface area contributed by atoms with Crippen molar-refractivity contribution in [2.45, 2.75) is 31.8 Å². The molecule has 0 saturated heterocycles. The number of carbonyl (C=O) groups excluding carboxylic acids is 1. The average Bonchev–Trinajstić information content (AvgIpc) is 2.44. The van der Waals surface area contributed by atoms with E-state index in [4.69, 9.17) is 4.74 Å². The molecule has 1 heterocycles. The maximum atomic E-state index is 12.3. The second kappa shape index (κ2) is 5.61. The molecule has 4 nitrogen and oxygen atoms in total. The van der Waals surface area contributed by atoms with E-state index in [1.54, 1.807) is 7.11 Å². The van der Waals surface area contributed by atoms with Gasteiger partial charge in [-0.15, -0.1) is 0 Å². The van der Waals surface area contributed by atoms with Gasteiger partial charge in [-0.05, 0) is 31.9 Å². The van der Waals surface area contributed by atoms with E-state index in [0.717, 1.165) is 24.2 Å². The molecule has 2 N–H and O–H groups in total. The van der Waals surface area contributed by atoms with E-state index < -0.39 is 0 Å². The molecule has 0 saturated carbocycles. The number of anilines is 1. The maximum absolute atomic E-state index is 12.3. The molecule has 1 aromatic rings. The van der Waals surface area contributed by atoms with Gasteiger partial charge in [-0.2, -0.15) is 0 Å². The SMILES string of the molecule is COC(C)(C)CNC(=O)C1CCNc2ccccc21. The van der Waals surface area contributed by atoms with E-state index >= 15 is 0 Å². The molecule has 0 bridgehead atoms. The van der Waals surface area contributed by atoms with Crippen LogP contribution in [-0.2, 0) is 9.53 Å². The van der Waals surface area contributed by atoms with Crippen LogP contribution in [0.4, 0.5) is 5.69 Å². The summed E-state index contributed by atoms with van der Waals surface area (Å²) in [7, 11) is 1.66. The van der Waals surface area contributed by atoms with Gasteiger partial charge < -0.3 is 15.4 Å². The number of fused-ring (bicyclic) bond motifs is 1. The van der Waals surface area contributed by atoms with Gasteiger partial charge in [-0.1, -0.05) is 18.2 Å². The number of rotatable bonds is 4. The summed E-state index contributed by atoms with van der Waals surface area (Å²) in [6.45, 7) is 5.28. The van der Waals surface area contributed by atoms with Gasteiger partial charge in [0.25, 0.3) is 0 Å². The Labute approximate surface area is 114 Å². The van der Waals surface area contributed by atoms with Gasteiger partial charge in [-0.25, -0.2) is 0 Å². The van der Waals surface area contributed by atoms with Crippen molar-refractivity contribution in [3.63, 3.8) is 0 Å². The summed E-state index contributed by atoms with van der Waals surface area (Å²) >= 11 is 0. The Kier molecular flexibility index (Phi) is 4.10. The van der Waals surface area contributed by atoms with Crippen LogP contribution in [0.5, 0.6) is 0 Å². The first-order chi connectivity index (χ1) is 9.03. The summed E-state index contributed by atoms with van der Waals surface area (Å²) in [5.41, 5.74) is 1.82. The molecule has 0 radical (unpaired) electrons. The Morgan fingerprint density at radius 3 is 2.95 bits per heavy atom. The Morgan fingerprint density at radius 1 is 1.47 bits per heavy atom. The number of hydrogen-bond acceptors (Lipinski definition) is 3. The zero-order chi connectivity index (χ0) is 13.9. The van der Waals surface area contributed by atoms with Crippen molar-refractivity contribution in [2.24, 2.45) is 0 Å². The second-order valence-electron chi connectivity index (χ2n) is 5.54. The first-order valence-electron chi connectivity index (χ1n) is 6.69. The Morgan fingerprint density at radius 2 is 2.21 bits per heavy atom. The van der Waals surface area contributed by atoms with Gasteiger partial charge in [0.2, 0.25) is 5.91 Å². The lowest BCUT2D eigenvalue weighted by atomic mass is 9.90. The highest BCUT2D eigenvalue weighted by molar-refractivity contribution is 5.86. The van der Waals surface area contributed by atoms with Crippen molar-refractivity contribution in [3.8, 4) is 0 Å². The van der Waals surface area contributed by atoms with Gasteiger partial charge in [0, 0.05) is 25.9 Å². The van der Waals surface area contributed by atoms with E-state index in [1.165, 1.54) is 0 Å². The highest BCUT2D eigenvalue weighted by Gasteiger charge is 2.27. The Bertz CT molecular complexity index is 457. The summed E-state index contributed by atoms with van der Waals surface area (Å²) in [6, 6.07) is 8.01. The fourth-order valence-corrected chi connectivity index (χ4v) is 2.24. The molecule has 1 amide bonds. The van der Waals surface area contributed by atoms with E-state index in [1.807, 2.05) is 38.1 Å². The monoisotopic (exact) mass is 262 g/mol. The third-order valence-corrected chi connectivity index (χ3v) is 3.64. The number of amides is 1.